The number of anilines is 1. The average Bonchev–Trinajstić information content (AvgIpc) is 3.16. The average molecular weight is 351 g/mol. The fraction of sp³-hybridized carbons (Fsp3) is 0.0833. The fourth-order valence-corrected chi connectivity index (χ4v) is 1.55. The van der Waals surface area contributed by atoms with Crippen LogP contribution in [-0.4, -0.2) is 33.0 Å². The van der Waals surface area contributed by atoms with E-state index in [0.717, 1.165) is 31.3 Å². The van der Waals surface area contributed by atoms with Gasteiger partial charge in [-0.2, -0.15) is 5.10 Å². The number of nitrogens with zero attached hydrogens (tertiary/aromatic N) is 4. The standard InChI is InChI=1S/C12H9N5O8/c1-7(18)15(13-6-8-2-4-10(24-8)16(20)21)12(19)14-9-3-5-11(25-9)17(22)23/h2-6H,1H3,(H,14,19)/b13-6-. The van der Waals surface area contributed by atoms with Crippen molar-refractivity contribution in [3.05, 3.63) is 50.3 Å². The van der Waals surface area contributed by atoms with E-state index in [1.54, 1.807) is 0 Å². The smallest absolute Gasteiger partial charge is 0.400 e. The van der Waals surface area contributed by atoms with Crippen molar-refractivity contribution in [2.24, 2.45) is 5.10 Å². The maximum atomic E-state index is 12.0. The lowest BCUT2D eigenvalue weighted by Crippen LogP contribution is -2.34. The lowest BCUT2D eigenvalue weighted by Gasteiger charge is -2.12. The van der Waals surface area contributed by atoms with Crippen molar-refractivity contribution in [3.63, 3.8) is 0 Å². The maximum Gasteiger partial charge on any atom is 0.434 e. The summed E-state index contributed by atoms with van der Waals surface area (Å²) in [6.07, 6.45) is 0.915. The number of imide groups is 1. The molecule has 0 aliphatic heterocycles. The third kappa shape index (κ3) is 4.25. The highest BCUT2D eigenvalue weighted by atomic mass is 16.7. The van der Waals surface area contributed by atoms with E-state index in [1.165, 1.54) is 6.07 Å². The molecule has 13 heteroatoms. The van der Waals surface area contributed by atoms with Gasteiger partial charge in [-0.3, -0.25) is 30.3 Å². The minimum absolute atomic E-state index is 0.0700. The Hall–Kier alpha value is -4.03. The Labute approximate surface area is 137 Å². The maximum absolute atomic E-state index is 12.0. The number of carbonyl (C=O) groups is 2. The van der Waals surface area contributed by atoms with Gasteiger partial charge in [0.25, 0.3) is 0 Å². The van der Waals surface area contributed by atoms with Gasteiger partial charge in [-0.1, -0.05) is 0 Å². The quantitative estimate of drug-likeness (QED) is 0.484. The molecule has 0 aliphatic rings. The second-order valence-corrected chi connectivity index (χ2v) is 4.33. The molecule has 2 heterocycles. The predicted molar refractivity (Wildman–Crippen MR) is 79.9 cm³/mol. The molecule has 0 atom stereocenters. The molecule has 0 radical (unpaired) electrons. The van der Waals surface area contributed by atoms with Crippen LogP contribution in [0.15, 0.2) is 38.2 Å². The van der Waals surface area contributed by atoms with E-state index in [1.807, 2.05) is 0 Å². The van der Waals surface area contributed by atoms with Crippen LogP contribution in [0.2, 0.25) is 0 Å². The van der Waals surface area contributed by atoms with Crippen molar-refractivity contribution in [2.75, 3.05) is 5.32 Å². The summed E-state index contributed by atoms with van der Waals surface area (Å²) in [5.41, 5.74) is 0. The molecule has 0 bridgehead atoms. The van der Waals surface area contributed by atoms with Gasteiger partial charge in [0, 0.05) is 13.0 Å². The van der Waals surface area contributed by atoms with Crippen LogP contribution in [0.5, 0.6) is 0 Å². The van der Waals surface area contributed by atoms with Crippen LogP contribution in [-0.2, 0) is 4.79 Å². The minimum atomic E-state index is -1.06. The summed E-state index contributed by atoms with van der Waals surface area (Å²) < 4.78 is 9.52. The monoisotopic (exact) mass is 351 g/mol. The first-order valence-electron chi connectivity index (χ1n) is 6.42. The number of nitrogens with one attached hydrogen (secondary N) is 1. The van der Waals surface area contributed by atoms with Gasteiger partial charge in [0.15, 0.2) is 5.76 Å². The largest absolute Gasteiger partial charge is 0.434 e. The Morgan fingerprint density at radius 1 is 1.12 bits per heavy atom. The van der Waals surface area contributed by atoms with Crippen LogP contribution in [0.25, 0.3) is 0 Å². The molecule has 25 heavy (non-hydrogen) atoms. The van der Waals surface area contributed by atoms with E-state index in [4.69, 9.17) is 8.83 Å². The molecule has 3 amide bonds. The summed E-state index contributed by atoms with van der Waals surface area (Å²) in [4.78, 5) is 42.9. The Morgan fingerprint density at radius 2 is 1.72 bits per heavy atom. The summed E-state index contributed by atoms with van der Waals surface area (Å²) in [5.74, 6) is -2.28. The van der Waals surface area contributed by atoms with Crippen molar-refractivity contribution < 1.29 is 28.3 Å². The summed E-state index contributed by atoms with van der Waals surface area (Å²) in [7, 11) is 0. The van der Waals surface area contributed by atoms with Gasteiger partial charge in [-0.05, 0) is 6.07 Å². The van der Waals surface area contributed by atoms with Crippen molar-refractivity contribution in [1.82, 2.24) is 5.01 Å². The molecule has 2 aromatic rings. The summed E-state index contributed by atoms with van der Waals surface area (Å²) in [5, 5.41) is 27.0. The molecule has 0 saturated carbocycles. The van der Waals surface area contributed by atoms with E-state index < -0.39 is 33.6 Å². The molecule has 2 rings (SSSR count). The molecule has 0 unspecified atom stereocenters. The van der Waals surface area contributed by atoms with Crippen LogP contribution in [0.1, 0.15) is 12.7 Å². The third-order valence-electron chi connectivity index (χ3n) is 2.59. The zero-order chi connectivity index (χ0) is 18.6. The van der Waals surface area contributed by atoms with Crippen LogP contribution in [0, 0.1) is 20.2 Å². The van der Waals surface area contributed by atoms with Gasteiger partial charge in [-0.15, -0.1) is 5.01 Å². The molecule has 0 fully saturated rings. The van der Waals surface area contributed by atoms with Crippen LogP contribution in [0.4, 0.5) is 22.4 Å². The van der Waals surface area contributed by atoms with E-state index in [-0.39, 0.29) is 11.6 Å². The van der Waals surface area contributed by atoms with Crippen molar-refractivity contribution in [1.29, 1.82) is 0 Å². The highest BCUT2D eigenvalue weighted by molar-refractivity contribution is 6.00. The van der Waals surface area contributed by atoms with Gasteiger partial charge in [0.1, 0.15) is 9.85 Å². The van der Waals surface area contributed by atoms with Crippen LogP contribution in [0.3, 0.4) is 0 Å². The summed E-state index contributed by atoms with van der Waals surface area (Å²) in [6, 6.07) is 3.36. The van der Waals surface area contributed by atoms with Crippen molar-refractivity contribution >= 4 is 35.8 Å². The number of hydrogen-bond donors (Lipinski definition) is 1. The molecule has 0 aliphatic carbocycles. The SMILES string of the molecule is CC(=O)N(/N=C\c1ccc([N+](=O)[O-])o1)C(=O)Nc1ccc([N+](=O)[O-])o1. The van der Waals surface area contributed by atoms with Gasteiger partial charge in [-0.25, -0.2) is 4.79 Å². The van der Waals surface area contributed by atoms with Gasteiger partial charge >= 0.3 is 17.8 Å². The zero-order valence-corrected chi connectivity index (χ0v) is 12.4. The topological polar surface area (TPSA) is 174 Å². The van der Waals surface area contributed by atoms with Crippen LogP contribution < -0.4 is 5.32 Å². The Balaban J connectivity index is 2.11. The molecule has 0 saturated heterocycles. The molecule has 0 spiro atoms. The number of amides is 3. The Morgan fingerprint density at radius 3 is 2.24 bits per heavy atom. The molecule has 130 valence electrons. The van der Waals surface area contributed by atoms with Crippen LogP contribution >= 0.6 is 0 Å². The first-order chi connectivity index (χ1) is 11.8. The van der Waals surface area contributed by atoms with E-state index in [9.17, 15) is 29.8 Å². The van der Waals surface area contributed by atoms with Crippen molar-refractivity contribution in [2.45, 2.75) is 6.92 Å². The molecule has 2 aromatic heterocycles. The fourth-order valence-electron chi connectivity index (χ4n) is 1.55. The van der Waals surface area contributed by atoms with Gasteiger partial charge < -0.3 is 8.83 Å². The normalized spacial score (nSPS) is 10.6. The molecule has 0 aromatic carbocycles. The van der Waals surface area contributed by atoms with Crippen molar-refractivity contribution in [3.8, 4) is 0 Å². The lowest BCUT2D eigenvalue weighted by molar-refractivity contribution is -0.402. The highest BCUT2D eigenvalue weighted by Gasteiger charge is 2.20. The Kier molecular flexibility index (Phi) is 4.87. The van der Waals surface area contributed by atoms with E-state index in [2.05, 4.69) is 10.4 Å². The van der Waals surface area contributed by atoms with Gasteiger partial charge in [0.2, 0.25) is 11.8 Å². The number of furan rings is 2. The zero-order valence-electron chi connectivity index (χ0n) is 12.4. The minimum Gasteiger partial charge on any atom is -0.400 e. The molecule has 1 N–H and O–H groups in total. The predicted octanol–water partition coefficient (Wildman–Crippen LogP) is 2.10. The number of carbonyl (C=O) groups excluding carboxylic acids is 2. The highest BCUT2D eigenvalue weighted by Crippen LogP contribution is 2.20. The molecular weight excluding hydrogens is 342 g/mol. The number of rotatable bonds is 5. The Bertz CT molecular complexity index is 866. The lowest BCUT2D eigenvalue weighted by atomic mass is 10.5. The number of nitro groups is 2. The summed E-state index contributed by atoms with van der Waals surface area (Å²) in [6.45, 7) is 1.03. The van der Waals surface area contributed by atoms with E-state index in [0.29, 0.717) is 5.01 Å². The first kappa shape index (κ1) is 17.3. The molecular formula is C12H9N5O8. The van der Waals surface area contributed by atoms with E-state index >= 15 is 0 Å². The third-order valence-corrected chi connectivity index (χ3v) is 2.59. The number of hydrogen-bond acceptors (Lipinski definition) is 9. The second-order valence-electron chi connectivity index (χ2n) is 4.33. The summed E-state index contributed by atoms with van der Waals surface area (Å²) >= 11 is 0. The number of hydrazone groups is 1. The number of urea groups is 1. The first-order valence-corrected chi connectivity index (χ1v) is 6.42. The second kappa shape index (κ2) is 7.03. The molecule has 13 nitrogen and oxygen atoms in total. The van der Waals surface area contributed by atoms with Gasteiger partial charge in [0.05, 0.1) is 18.3 Å².